The lowest BCUT2D eigenvalue weighted by Crippen LogP contribution is -2.28. The number of hydrogen-bond acceptors (Lipinski definition) is 4. The molecule has 0 saturated carbocycles. The standard InChI is InChI=1S/C16H10F6N2O3/c17-15(18,19)9-2-3-11(24-13(25)6-14(26)27)10(5-9)8-1-4-12(23-7-8)16(20,21)22/h1-5,7H,6H2,(H,24,25)(H,26,27)/p-1. The highest BCUT2D eigenvalue weighted by atomic mass is 19.4. The Bertz CT molecular complexity index is 860. The van der Waals surface area contributed by atoms with Gasteiger partial charge in [0.25, 0.3) is 0 Å². The van der Waals surface area contributed by atoms with Crippen LogP contribution in [0.2, 0.25) is 0 Å². The normalized spacial score (nSPS) is 11.9. The quantitative estimate of drug-likeness (QED) is 0.642. The molecule has 1 N–H and O–H groups in total. The van der Waals surface area contributed by atoms with Crippen LogP contribution in [0, 0.1) is 0 Å². The Balaban J connectivity index is 2.49. The molecule has 144 valence electrons. The van der Waals surface area contributed by atoms with Crippen molar-refractivity contribution in [2.75, 3.05) is 5.32 Å². The molecule has 2 aromatic rings. The molecule has 0 spiro atoms. The van der Waals surface area contributed by atoms with Crippen molar-refractivity contribution in [2.45, 2.75) is 18.8 Å². The minimum absolute atomic E-state index is 0.141. The lowest BCUT2D eigenvalue weighted by molar-refractivity contribution is -0.304. The number of nitrogens with one attached hydrogen (secondary N) is 1. The molecule has 0 saturated heterocycles. The van der Waals surface area contributed by atoms with Gasteiger partial charge >= 0.3 is 12.4 Å². The first-order chi connectivity index (χ1) is 12.4. The van der Waals surface area contributed by atoms with Crippen LogP contribution in [0.1, 0.15) is 17.7 Å². The average molecular weight is 391 g/mol. The van der Waals surface area contributed by atoms with E-state index in [1.165, 1.54) is 0 Å². The largest absolute Gasteiger partial charge is 0.550 e. The summed E-state index contributed by atoms with van der Waals surface area (Å²) >= 11 is 0. The fourth-order valence-corrected chi connectivity index (χ4v) is 2.11. The highest BCUT2D eigenvalue weighted by Gasteiger charge is 2.33. The van der Waals surface area contributed by atoms with Crippen LogP contribution in [0.3, 0.4) is 0 Å². The van der Waals surface area contributed by atoms with Crippen LogP contribution in [0.5, 0.6) is 0 Å². The van der Waals surface area contributed by atoms with Crippen molar-refractivity contribution in [3.05, 3.63) is 47.8 Å². The molecular weight excluding hydrogens is 382 g/mol. The van der Waals surface area contributed by atoms with Gasteiger partial charge in [-0.05, 0) is 24.3 Å². The molecule has 1 heterocycles. The Labute approximate surface area is 147 Å². The Hall–Kier alpha value is -3.11. The molecule has 27 heavy (non-hydrogen) atoms. The minimum atomic E-state index is -4.75. The summed E-state index contributed by atoms with van der Waals surface area (Å²) in [6.07, 6.45) is -9.84. The number of carbonyl (C=O) groups excluding carboxylic acids is 2. The number of aromatic nitrogens is 1. The van der Waals surface area contributed by atoms with Crippen LogP contribution >= 0.6 is 0 Å². The summed E-state index contributed by atoms with van der Waals surface area (Å²) < 4.78 is 76.6. The summed E-state index contributed by atoms with van der Waals surface area (Å²) in [5, 5.41) is 12.5. The van der Waals surface area contributed by atoms with Crippen molar-refractivity contribution in [1.29, 1.82) is 0 Å². The first kappa shape index (κ1) is 20.2. The number of carboxylic acid groups (broad SMARTS) is 1. The second kappa shape index (κ2) is 7.25. The number of anilines is 1. The summed E-state index contributed by atoms with van der Waals surface area (Å²) in [6, 6.07) is 3.57. The topological polar surface area (TPSA) is 82.1 Å². The summed E-state index contributed by atoms with van der Waals surface area (Å²) in [7, 11) is 0. The van der Waals surface area contributed by atoms with Crippen molar-refractivity contribution < 1.29 is 41.0 Å². The number of hydrogen-bond donors (Lipinski definition) is 1. The summed E-state index contributed by atoms with van der Waals surface area (Å²) in [6.45, 7) is 0. The summed E-state index contributed by atoms with van der Waals surface area (Å²) in [5.74, 6) is -2.78. The lowest BCUT2D eigenvalue weighted by atomic mass is 10.0. The number of halogens is 6. The predicted molar refractivity (Wildman–Crippen MR) is 77.9 cm³/mol. The average Bonchev–Trinajstić information content (AvgIpc) is 2.52. The smallest absolute Gasteiger partial charge is 0.433 e. The predicted octanol–water partition coefficient (Wildman–Crippen LogP) is 2.86. The maximum Gasteiger partial charge on any atom is 0.433 e. The van der Waals surface area contributed by atoms with Gasteiger partial charge < -0.3 is 15.2 Å². The number of benzene rings is 1. The van der Waals surface area contributed by atoms with E-state index in [9.17, 15) is 41.0 Å². The SMILES string of the molecule is O=C([O-])CC(=O)Nc1ccc(C(F)(F)F)cc1-c1ccc(C(F)(F)F)nc1. The zero-order valence-electron chi connectivity index (χ0n) is 13.1. The van der Waals surface area contributed by atoms with Crippen LogP contribution in [0.4, 0.5) is 32.0 Å². The van der Waals surface area contributed by atoms with E-state index in [1.54, 1.807) is 0 Å². The van der Waals surface area contributed by atoms with Gasteiger partial charge in [-0.2, -0.15) is 26.3 Å². The number of nitrogens with zero attached hydrogens (tertiary/aromatic N) is 1. The van der Waals surface area contributed by atoms with Crippen molar-refractivity contribution >= 4 is 17.6 Å². The fraction of sp³-hybridized carbons (Fsp3) is 0.188. The first-order valence-corrected chi connectivity index (χ1v) is 7.12. The summed E-state index contributed by atoms with van der Waals surface area (Å²) in [4.78, 5) is 25.2. The molecule has 2 rings (SSSR count). The molecule has 1 amide bonds. The number of rotatable bonds is 4. The molecule has 0 aliphatic rings. The van der Waals surface area contributed by atoms with Gasteiger partial charge in [-0.3, -0.25) is 9.78 Å². The van der Waals surface area contributed by atoms with E-state index < -0.39 is 41.9 Å². The number of amides is 1. The van der Waals surface area contributed by atoms with Gasteiger partial charge in [0, 0.05) is 23.0 Å². The molecule has 0 aliphatic heterocycles. The van der Waals surface area contributed by atoms with Crippen molar-refractivity contribution in [2.24, 2.45) is 0 Å². The maximum atomic E-state index is 12.9. The van der Waals surface area contributed by atoms with E-state index in [0.29, 0.717) is 24.4 Å². The highest BCUT2D eigenvalue weighted by molar-refractivity contribution is 6.03. The van der Waals surface area contributed by atoms with E-state index in [2.05, 4.69) is 10.3 Å². The Kier molecular flexibility index (Phi) is 5.43. The third kappa shape index (κ3) is 5.19. The minimum Gasteiger partial charge on any atom is -0.550 e. The second-order valence-electron chi connectivity index (χ2n) is 5.28. The molecule has 0 bridgehead atoms. The molecular formula is C16H9F6N2O3-. The molecule has 11 heteroatoms. The number of carbonyl (C=O) groups is 2. The number of pyridine rings is 1. The molecule has 1 aromatic heterocycles. The van der Waals surface area contributed by atoms with Crippen LogP contribution < -0.4 is 10.4 Å². The molecule has 0 atom stereocenters. The van der Waals surface area contributed by atoms with Crippen molar-refractivity contribution in [3.8, 4) is 11.1 Å². The summed E-state index contributed by atoms with van der Waals surface area (Å²) in [5.41, 5.74) is -3.01. The van der Waals surface area contributed by atoms with Crippen LogP contribution in [0.25, 0.3) is 11.1 Å². The Morgan fingerprint density at radius 3 is 2.15 bits per heavy atom. The molecule has 0 unspecified atom stereocenters. The van der Waals surface area contributed by atoms with Crippen LogP contribution in [-0.2, 0) is 21.9 Å². The third-order valence-corrected chi connectivity index (χ3v) is 3.29. The molecule has 5 nitrogen and oxygen atoms in total. The number of aliphatic carboxylic acids is 1. The van der Waals surface area contributed by atoms with Gasteiger partial charge in [0.15, 0.2) is 0 Å². The molecule has 0 fully saturated rings. The van der Waals surface area contributed by atoms with Gasteiger partial charge in [0.05, 0.1) is 18.0 Å². The van der Waals surface area contributed by atoms with Gasteiger partial charge in [0.1, 0.15) is 5.69 Å². The zero-order chi connectivity index (χ0) is 20.4. The van der Waals surface area contributed by atoms with E-state index in [-0.39, 0.29) is 16.8 Å². The van der Waals surface area contributed by atoms with E-state index in [4.69, 9.17) is 0 Å². The van der Waals surface area contributed by atoms with Crippen LogP contribution in [-0.4, -0.2) is 16.9 Å². The van der Waals surface area contributed by atoms with Gasteiger partial charge in [0.2, 0.25) is 5.91 Å². The Morgan fingerprint density at radius 2 is 1.67 bits per heavy atom. The van der Waals surface area contributed by atoms with E-state index in [0.717, 1.165) is 12.1 Å². The van der Waals surface area contributed by atoms with Gasteiger partial charge in [-0.25, -0.2) is 0 Å². The van der Waals surface area contributed by atoms with Crippen LogP contribution in [0.15, 0.2) is 36.5 Å². The van der Waals surface area contributed by atoms with E-state index in [1.807, 2.05) is 0 Å². The van der Waals surface area contributed by atoms with Gasteiger partial charge in [-0.15, -0.1) is 0 Å². The molecule has 0 aliphatic carbocycles. The highest BCUT2D eigenvalue weighted by Crippen LogP contribution is 2.37. The number of alkyl halides is 6. The second-order valence-corrected chi connectivity index (χ2v) is 5.28. The number of carboxylic acids is 1. The van der Waals surface area contributed by atoms with Crippen molar-refractivity contribution in [1.82, 2.24) is 4.98 Å². The molecule has 0 radical (unpaired) electrons. The lowest BCUT2D eigenvalue weighted by Gasteiger charge is -2.15. The fourth-order valence-electron chi connectivity index (χ4n) is 2.11. The monoisotopic (exact) mass is 391 g/mol. The van der Waals surface area contributed by atoms with E-state index >= 15 is 0 Å². The van der Waals surface area contributed by atoms with Crippen molar-refractivity contribution in [3.63, 3.8) is 0 Å². The molecule has 1 aromatic carbocycles. The first-order valence-electron chi connectivity index (χ1n) is 7.12. The Morgan fingerprint density at radius 1 is 1.00 bits per heavy atom. The third-order valence-electron chi connectivity index (χ3n) is 3.29. The maximum absolute atomic E-state index is 12.9. The van der Waals surface area contributed by atoms with Gasteiger partial charge in [-0.1, -0.05) is 6.07 Å². The zero-order valence-corrected chi connectivity index (χ0v) is 13.1.